The Balaban J connectivity index is 3.05. The summed E-state index contributed by atoms with van der Waals surface area (Å²) < 4.78 is 13.4. The minimum absolute atomic E-state index is 0.0306. The first-order valence-corrected chi connectivity index (χ1v) is 4.91. The van der Waals surface area contributed by atoms with Crippen LogP contribution in [0.2, 0.25) is 0 Å². The van der Waals surface area contributed by atoms with Crippen LogP contribution in [-0.4, -0.2) is 33.8 Å². The molecule has 0 spiro atoms. The Hall–Kier alpha value is -1.44. The van der Waals surface area contributed by atoms with E-state index in [9.17, 15) is 9.18 Å². The predicted octanol–water partition coefficient (Wildman–Crippen LogP) is -1.15. The second-order valence-corrected chi connectivity index (χ2v) is 4.12. The predicted molar refractivity (Wildman–Crippen MR) is 60.2 cm³/mol. The molecular formula is C10H13BFNO4. The molecule has 7 heteroatoms. The summed E-state index contributed by atoms with van der Waals surface area (Å²) in [6.45, 7) is 1.26. The number of rotatable bonds is 4. The molecule has 1 atom stereocenters. The van der Waals surface area contributed by atoms with Crippen LogP contribution in [0, 0.1) is 5.82 Å². The minimum Gasteiger partial charge on any atom is -0.480 e. The van der Waals surface area contributed by atoms with Crippen molar-refractivity contribution >= 4 is 18.6 Å². The molecule has 0 heterocycles. The Labute approximate surface area is 97.8 Å². The van der Waals surface area contributed by atoms with Crippen LogP contribution >= 0.6 is 0 Å². The molecule has 0 amide bonds. The molecule has 0 aliphatic rings. The van der Waals surface area contributed by atoms with Gasteiger partial charge in [-0.05, 0) is 24.0 Å². The van der Waals surface area contributed by atoms with E-state index in [0.717, 1.165) is 6.07 Å². The number of carboxylic acids is 1. The number of aliphatic carboxylic acids is 1. The first-order chi connectivity index (χ1) is 7.74. The normalized spacial score (nSPS) is 14.2. The number of carboxylic acid groups (broad SMARTS) is 1. The Bertz CT molecular complexity index is 436. The standard InChI is InChI=1S/C10H13BFNO4/c1-10(13,9(14)15)5-6-4-7(11(16)17)2-3-8(6)12/h2-4,16-17H,5,13H2,1H3,(H,14,15)/t10-/m0/s1. The average Bonchev–Trinajstić information content (AvgIpc) is 2.20. The molecule has 92 valence electrons. The van der Waals surface area contributed by atoms with Gasteiger partial charge in [0.05, 0.1) is 0 Å². The third-order valence-electron chi connectivity index (χ3n) is 2.41. The van der Waals surface area contributed by atoms with Crippen molar-refractivity contribution in [1.29, 1.82) is 0 Å². The number of halogens is 1. The van der Waals surface area contributed by atoms with Crippen LogP contribution in [0.1, 0.15) is 12.5 Å². The van der Waals surface area contributed by atoms with Crippen molar-refractivity contribution in [3.05, 3.63) is 29.6 Å². The van der Waals surface area contributed by atoms with Crippen molar-refractivity contribution in [3.63, 3.8) is 0 Å². The third kappa shape index (κ3) is 3.26. The molecule has 1 aromatic rings. The van der Waals surface area contributed by atoms with Gasteiger partial charge in [0, 0.05) is 6.42 Å². The molecule has 0 aliphatic heterocycles. The molecule has 0 fully saturated rings. The van der Waals surface area contributed by atoms with Crippen LogP contribution in [0.3, 0.4) is 0 Å². The van der Waals surface area contributed by atoms with Gasteiger partial charge in [-0.3, -0.25) is 4.79 Å². The quantitative estimate of drug-likeness (QED) is 0.498. The highest BCUT2D eigenvalue weighted by molar-refractivity contribution is 6.58. The van der Waals surface area contributed by atoms with Crippen LogP contribution in [0.15, 0.2) is 18.2 Å². The molecule has 1 rings (SSSR count). The summed E-state index contributed by atoms with van der Waals surface area (Å²) in [7, 11) is -1.73. The zero-order chi connectivity index (χ0) is 13.2. The van der Waals surface area contributed by atoms with Crippen molar-refractivity contribution in [2.75, 3.05) is 0 Å². The summed E-state index contributed by atoms with van der Waals surface area (Å²) in [5, 5.41) is 26.7. The fourth-order valence-electron chi connectivity index (χ4n) is 1.36. The van der Waals surface area contributed by atoms with Crippen LogP contribution in [0.5, 0.6) is 0 Å². The van der Waals surface area contributed by atoms with E-state index >= 15 is 0 Å². The topological polar surface area (TPSA) is 104 Å². The van der Waals surface area contributed by atoms with Gasteiger partial charge in [0.1, 0.15) is 11.4 Å². The van der Waals surface area contributed by atoms with Crippen LogP contribution in [0.25, 0.3) is 0 Å². The fourth-order valence-corrected chi connectivity index (χ4v) is 1.36. The number of carbonyl (C=O) groups is 1. The summed E-state index contributed by atoms with van der Waals surface area (Å²) in [4.78, 5) is 10.8. The van der Waals surface area contributed by atoms with Crippen molar-refractivity contribution in [2.24, 2.45) is 5.73 Å². The van der Waals surface area contributed by atoms with Gasteiger partial charge in [-0.25, -0.2) is 4.39 Å². The average molecular weight is 241 g/mol. The molecule has 0 saturated heterocycles. The molecule has 17 heavy (non-hydrogen) atoms. The van der Waals surface area contributed by atoms with E-state index in [1.54, 1.807) is 0 Å². The lowest BCUT2D eigenvalue weighted by atomic mass is 9.78. The first-order valence-electron chi connectivity index (χ1n) is 4.91. The van der Waals surface area contributed by atoms with E-state index in [0.29, 0.717) is 0 Å². The van der Waals surface area contributed by atoms with Crippen molar-refractivity contribution in [1.82, 2.24) is 0 Å². The van der Waals surface area contributed by atoms with Gasteiger partial charge in [0.15, 0.2) is 0 Å². The van der Waals surface area contributed by atoms with E-state index in [4.69, 9.17) is 20.9 Å². The zero-order valence-corrected chi connectivity index (χ0v) is 9.22. The maximum atomic E-state index is 13.4. The molecule has 0 unspecified atom stereocenters. The molecular weight excluding hydrogens is 228 g/mol. The van der Waals surface area contributed by atoms with Gasteiger partial charge in [-0.1, -0.05) is 12.1 Å². The molecule has 0 aromatic heterocycles. The number of benzene rings is 1. The Morgan fingerprint density at radius 2 is 2.12 bits per heavy atom. The maximum Gasteiger partial charge on any atom is 0.488 e. The maximum absolute atomic E-state index is 13.4. The van der Waals surface area contributed by atoms with Gasteiger partial charge < -0.3 is 20.9 Å². The van der Waals surface area contributed by atoms with Crippen LogP contribution in [0.4, 0.5) is 4.39 Å². The van der Waals surface area contributed by atoms with E-state index in [1.165, 1.54) is 19.1 Å². The lowest BCUT2D eigenvalue weighted by Crippen LogP contribution is -2.47. The molecule has 0 aliphatic carbocycles. The number of hydrogen-bond donors (Lipinski definition) is 4. The van der Waals surface area contributed by atoms with E-state index in [1.807, 2.05) is 0 Å². The van der Waals surface area contributed by atoms with Gasteiger partial charge in [-0.15, -0.1) is 0 Å². The van der Waals surface area contributed by atoms with Gasteiger partial charge >= 0.3 is 13.1 Å². The van der Waals surface area contributed by atoms with Gasteiger partial charge in [0.25, 0.3) is 0 Å². The number of nitrogens with two attached hydrogens (primary N) is 1. The summed E-state index contributed by atoms with van der Waals surface area (Å²) in [6, 6.07) is 3.44. The fraction of sp³-hybridized carbons (Fsp3) is 0.300. The molecule has 5 N–H and O–H groups in total. The van der Waals surface area contributed by atoms with Crippen LogP contribution in [-0.2, 0) is 11.2 Å². The summed E-state index contributed by atoms with van der Waals surface area (Å²) in [5.41, 5.74) is 4.00. The molecule has 5 nitrogen and oxygen atoms in total. The second kappa shape index (κ2) is 4.83. The lowest BCUT2D eigenvalue weighted by molar-refractivity contribution is -0.142. The summed E-state index contributed by atoms with van der Waals surface area (Å²) in [5.74, 6) is -1.89. The zero-order valence-electron chi connectivity index (χ0n) is 9.22. The Morgan fingerprint density at radius 3 is 2.59 bits per heavy atom. The van der Waals surface area contributed by atoms with Crippen LogP contribution < -0.4 is 11.2 Å². The highest BCUT2D eigenvalue weighted by Crippen LogP contribution is 2.13. The molecule has 0 saturated carbocycles. The Kier molecular flexibility index (Phi) is 3.87. The van der Waals surface area contributed by atoms with E-state index in [-0.39, 0.29) is 17.4 Å². The molecule has 1 aromatic carbocycles. The second-order valence-electron chi connectivity index (χ2n) is 4.12. The van der Waals surface area contributed by atoms with Crippen molar-refractivity contribution in [3.8, 4) is 0 Å². The van der Waals surface area contributed by atoms with Gasteiger partial charge in [-0.2, -0.15) is 0 Å². The monoisotopic (exact) mass is 241 g/mol. The third-order valence-corrected chi connectivity index (χ3v) is 2.41. The highest BCUT2D eigenvalue weighted by Gasteiger charge is 2.29. The van der Waals surface area contributed by atoms with E-state index < -0.39 is 24.4 Å². The van der Waals surface area contributed by atoms with Crippen molar-refractivity contribution < 1.29 is 24.3 Å². The lowest BCUT2D eigenvalue weighted by Gasteiger charge is -2.19. The largest absolute Gasteiger partial charge is 0.488 e. The van der Waals surface area contributed by atoms with Gasteiger partial charge in [0.2, 0.25) is 0 Å². The van der Waals surface area contributed by atoms with E-state index in [2.05, 4.69) is 0 Å². The molecule has 0 radical (unpaired) electrons. The number of hydrogen-bond acceptors (Lipinski definition) is 4. The summed E-state index contributed by atoms with van der Waals surface area (Å²) >= 11 is 0. The van der Waals surface area contributed by atoms with Crippen molar-refractivity contribution in [2.45, 2.75) is 18.9 Å². The minimum atomic E-state index is -1.73. The highest BCUT2D eigenvalue weighted by atomic mass is 19.1. The smallest absolute Gasteiger partial charge is 0.480 e. The summed E-state index contributed by atoms with van der Waals surface area (Å²) in [6.07, 6.45) is -0.241. The Morgan fingerprint density at radius 1 is 1.53 bits per heavy atom. The first kappa shape index (κ1) is 13.6. The SMILES string of the molecule is C[C@](N)(Cc1cc(B(O)O)ccc1F)C(=O)O. The molecule has 0 bridgehead atoms.